The predicted octanol–water partition coefficient (Wildman–Crippen LogP) is 1.12. The predicted molar refractivity (Wildman–Crippen MR) is 81.5 cm³/mol. The zero-order valence-electron chi connectivity index (χ0n) is 13.6. The molecular weight excluding hydrogens is 270 g/mol. The van der Waals surface area contributed by atoms with Gasteiger partial charge in [-0.25, -0.2) is 4.98 Å². The van der Waals surface area contributed by atoms with Gasteiger partial charge in [-0.3, -0.25) is 9.59 Å². The van der Waals surface area contributed by atoms with Crippen molar-refractivity contribution in [2.45, 2.75) is 53.1 Å². The third-order valence-electron chi connectivity index (χ3n) is 3.28. The molecule has 1 aromatic heterocycles. The van der Waals surface area contributed by atoms with Crippen molar-refractivity contribution in [3.63, 3.8) is 0 Å². The number of carbonyl (C=O) groups is 1. The SMILES string of the molecule is Cc1nc(C(C)(C)C)[nH]c(=O)c1C(=O)NCC(O)C(C)C. The summed E-state index contributed by atoms with van der Waals surface area (Å²) in [5, 5.41) is 12.3. The van der Waals surface area contributed by atoms with Crippen LogP contribution in [0.4, 0.5) is 0 Å². The largest absolute Gasteiger partial charge is 0.391 e. The summed E-state index contributed by atoms with van der Waals surface area (Å²) in [5.74, 6) is 0.0660. The van der Waals surface area contributed by atoms with E-state index in [-0.39, 0.29) is 23.4 Å². The first-order valence-electron chi connectivity index (χ1n) is 7.11. The third kappa shape index (κ3) is 4.39. The molecule has 6 nitrogen and oxygen atoms in total. The number of amides is 1. The van der Waals surface area contributed by atoms with Crippen LogP contribution in [0.15, 0.2) is 4.79 Å². The maximum atomic E-state index is 12.1. The van der Waals surface area contributed by atoms with Crippen LogP contribution in [0, 0.1) is 12.8 Å². The summed E-state index contributed by atoms with van der Waals surface area (Å²) in [6.45, 7) is 11.3. The van der Waals surface area contributed by atoms with E-state index in [1.54, 1.807) is 6.92 Å². The molecule has 0 aliphatic carbocycles. The topological polar surface area (TPSA) is 95.1 Å². The van der Waals surface area contributed by atoms with Crippen LogP contribution in [-0.2, 0) is 5.41 Å². The lowest BCUT2D eigenvalue weighted by molar-refractivity contribution is 0.0869. The Balaban J connectivity index is 2.99. The van der Waals surface area contributed by atoms with Gasteiger partial charge in [0.25, 0.3) is 11.5 Å². The number of carbonyl (C=O) groups excluding carboxylic acids is 1. The minimum atomic E-state index is -0.643. The smallest absolute Gasteiger partial charge is 0.264 e. The lowest BCUT2D eigenvalue weighted by atomic mass is 9.95. The Morgan fingerprint density at radius 3 is 2.38 bits per heavy atom. The standard InChI is InChI=1S/C15H25N3O3/c1-8(2)10(19)7-16-12(20)11-9(3)17-14(15(4,5)6)18-13(11)21/h8,10,19H,7H2,1-6H3,(H,16,20)(H,17,18,21). The van der Waals surface area contributed by atoms with Crippen LogP contribution in [0.5, 0.6) is 0 Å². The highest BCUT2D eigenvalue weighted by atomic mass is 16.3. The quantitative estimate of drug-likeness (QED) is 0.776. The molecular formula is C15H25N3O3. The van der Waals surface area contributed by atoms with Crippen LogP contribution < -0.4 is 10.9 Å². The van der Waals surface area contributed by atoms with Crippen molar-refractivity contribution < 1.29 is 9.90 Å². The summed E-state index contributed by atoms with van der Waals surface area (Å²) in [7, 11) is 0. The van der Waals surface area contributed by atoms with Gasteiger partial charge in [-0.05, 0) is 12.8 Å². The second-order valence-electron chi connectivity index (χ2n) is 6.65. The van der Waals surface area contributed by atoms with E-state index < -0.39 is 17.6 Å². The summed E-state index contributed by atoms with van der Waals surface area (Å²) in [6, 6.07) is 0. The number of rotatable bonds is 4. The monoisotopic (exact) mass is 295 g/mol. The van der Waals surface area contributed by atoms with Crippen molar-refractivity contribution in [3.8, 4) is 0 Å². The highest BCUT2D eigenvalue weighted by Crippen LogP contribution is 2.17. The van der Waals surface area contributed by atoms with Crippen molar-refractivity contribution in [2.24, 2.45) is 5.92 Å². The fraction of sp³-hybridized carbons (Fsp3) is 0.667. The number of aromatic amines is 1. The van der Waals surface area contributed by atoms with Crippen LogP contribution in [0.3, 0.4) is 0 Å². The summed E-state index contributed by atoms with van der Waals surface area (Å²) >= 11 is 0. The number of hydrogen-bond acceptors (Lipinski definition) is 4. The minimum absolute atomic E-state index is 0.000967. The van der Waals surface area contributed by atoms with Gasteiger partial charge < -0.3 is 15.4 Å². The van der Waals surface area contributed by atoms with Crippen LogP contribution in [0.25, 0.3) is 0 Å². The molecule has 0 fully saturated rings. The molecule has 1 amide bonds. The number of hydrogen-bond donors (Lipinski definition) is 3. The maximum absolute atomic E-state index is 12.1. The van der Waals surface area contributed by atoms with Crippen molar-refractivity contribution in [1.82, 2.24) is 15.3 Å². The van der Waals surface area contributed by atoms with E-state index in [0.29, 0.717) is 11.5 Å². The van der Waals surface area contributed by atoms with E-state index in [1.165, 1.54) is 0 Å². The molecule has 1 unspecified atom stereocenters. The van der Waals surface area contributed by atoms with E-state index in [1.807, 2.05) is 34.6 Å². The van der Waals surface area contributed by atoms with Gasteiger partial charge in [0.1, 0.15) is 11.4 Å². The summed E-state index contributed by atoms with van der Waals surface area (Å²) in [6.07, 6.45) is -0.643. The fourth-order valence-corrected chi connectivity index (χ4v) is 1.73. The van der Waals surface area contributed by atoms with Gasteiger partial charge in [-0.1, -0.05) is 34.6 Å². The molecule has 0 radical (unpaired) electrons. The van der Waals surface area contributed by atoms with E-state index >= 15 is 0 Å². The number of aliphatic hydroxyl groups is 1. The Labute approximate surface area is 125 Å². The summed E-state index contributed by atoms with van der Waals surface area (Å²) in [5.41, 5.74) is -0.365. The highest BCUT2D eigenvalue weighted by Gasteiger charge is 2.22. The molecule has 0 aliphatic heterocycles. The van der Waals surface area contributed by atoms with Gasteiger partial charge in [0, 0.05) is 12.0 Å². The molecule has 0 aliphatic rings. The molecule has 1 atom stereocenters. The van der Waals surface area contributed by atoms with Gasteiger partial charge in [-0.15, -0.1) is 0 Å². The van der Waals surface area contributed by atoms with Crippen molar-refractivity contribution in [3.05, 3.63) is 27.4 Å². The number of nitrogens with one attached hydrogen (secondary N) is 2. The first-order valence-corrected chi connectivity index (χ1v) is 7.11. The van der Waals surface area contributed by atoms with Gasteiger partial charge in [-0.2, -0.15) is 0 Å². The number of nitrogens with zero attached hydrogens (tertiary/aromatic N) is 1. The molecule has 1 heterocycles. The van der Waals surface area contributed by atoms with Gasteiger partial charge in [0.2, 0.25) is 0 Å². The van der Waals surface area contributed by atoms with E-state index in [9.17, 15) is 14.7 Å². The van der Waals surface area contributed by atoms with Crippen molar-refractivity contribution in [1.29, 1.82) is 0 Å². The van der Waals surface area contributed by atoms with E-state index in [2.05, 4.69) is 15.3 Å². The zero-order chi connectivity index (χ0) is 16.4. The molecule has 3 N–H and O–H groups in total. The Morgan fingerprint density at radius 2 is 1.95 bits per heavy atom. The Morgan fingerprint density at radius 1 is 1.38 bits per heavy atom. The number of aliphatic hydroxyl groups excluding tert-OH is 1. The molecule has 0 aromatic carbocycles. The van der Waals surface area contributed by atoms with Crippen molar-refractivity contribution in [2.75, 3.05) is 6.54 Å². The molecule has 1 aromatic rings. The molecule has 0 spiro atoms. The van der Waals surface area contributed by atoms with Gasteiger partial charge in [0.15, 0.2) is 0 Å². The number of aryl methyl sites for hydroxylation is 1. The number of aromatic nitrogens is 2. The highest BCUT2D eigenvalue weighted by molar-refractivity contribution is 5.94. The minimum Gasteiger partial charge on any atom is -0.391 e. The van der Waals surface area contributed by atoms with Gasteiger partial charge in [0.05, 0.1) is 11.8 Å². The molecule has 21 heavy (non-hydrogen) atoms. The summed E-state index contributed by atoms with van der Waals surface area (Å²) < 4.78 is 0. The Bertz CT molecular complexity index is 571. The first-order chi connectivity index (χ1) is 9.54. The molecule has 0 bridgehead atoms. The lowest BCUT2D eigenvalue weighted by Gasteiger charge is -2.19. The first kappa shape index (κ1) is 17.4. The van der Waals surface area contributed by atoms with Gasteiger partial charge >= 0.3 is 0 Å². The molecule has 118 valence electrons. The fourth-order valence-electron chi connectivity index (χ4n) is 1.73. The maximum Gasteiger partial charge on any atom is 0.264 e. The van der Waals surface area contributed by atoms with Crippen LogP contribution in [-0.4, -0.2) is 33.6 Å². The Kier molecular flexibility index (Phi) is 5.28. The lowest BCUT2D eigenvalue weighted by Crippen LogP contribution is -2.38. The van der Waals surface area contributed by atoms with Crippen molar-refractivity contribution >= 4 is 5.91 Å². The second kappa shape index (κ2) is 6.39. The third-order valence-corrected chi connectivity index (χ3v) is 3.28. The average Bonchev–Trinajstić information content (AvgIpc) is 2.33. The van der Waals surface area contributed by atoms with Crippen LogP contribution in [0.1, 0.15) is 56.5 Å². The van der Waals surface area contributed by atoms with E-state index in [0.717, 1.165) is 0 Å². The normalized spacial score (nSPS) is 13.3. The van der Waals surface area contributed by atoms with E-state index in [4.69, 9.17) is 0 Å². The van der Waals surface area contributed by atoms with Crippen LogP contribution in [0.2, 0.25) is 0 Å². The molecule has 6 heteroatoms. The molecule has 1 rings (SSSR count). The zero-order valence-corrected chi connectivity index (χ0v) is 13.6. The second-order valence-corrected chi connectivity index (χ2v) is 6.65. The summed E-state index contributed by atoms with van der Waals surface area (Å²) in [4.78, 5) is 31.2. The Hall–Kier alpha value is -1.69. The average molecular weight is 295 g/mol. The number of H-pyrrole nitrogens is 1. The van der Waals surface area contributed by atoms with Crippen LogP contribution >= 0.6 is 0 Å². The molecule has 0 saturated heterocycles. The molecule has 0 saturated carbocycles.